The van der Waals surface area contributed by atoms with Gasteiger partial charge in [-0.15, -0.1) is 0 Å². The summed E-state index contributed by atoms with van der Waals surface area (Å²) in [5, 5.41) is 9.14. The Balaban J connectivity index is 2.49. The number of nitriles is 1. The number of benzene rings is 1. The predicted octanol–water partition coefficient (Wildman–Crippen LogP) is 4.14. The minimum atomic E-state index is -0.270. The normalized spacial score (nSPS) is 11.8. The van der Waals surface area contributed by atoms with Gasteiger partial charge in [0.25, 0.3) is 0 Å². The van der Waals surface area contributed by atoms with E-state index in [9.17, 15) is 4.79 Å². The molecule has 0 aliphatic carbocycles. The Hall–Kier alpha value is -2.06. The molecule has 0 aliphatic heterocycles. The van der Waals surface area contributed by atoms with E-state index in [-0.39, 0.29) is 11.7 Å². The zero-order valence-corrected chi connectivity index (χ0v) is 14.3. The van der Waals surface area contributed by atoms with Crippen LogP contribution >= 0.6 is 15.9 Å². The standard InChI is InChI=1S/C17H17BrN2O2/c1-4-20-15(11(2)10-19)9-14(18)16(20)17(21)12-5-7-13(22-3)8-6-12/h5-9,11H,4H2,1-3H3. The van der Waals surface area contributed by atoms with E-state index >= 15 is 0 Å². The molecule has 114 valence electrons. The number of aromatic nitrogens is 1. The summed E-state index contributed by atoms with van der Waals surface area (Å²) in [6.07, 6.45) is 0. The Kier molecular flexibility index (Phi) is 5.04. The summed E-state index contributed by atoms with van der Waals surface area (Å²) >= 11 is 3.46. The van der Waals surface area contributed by atoms with E-state index < -0.39 is 0 Å². The number of ether oxygens (including phenoxy) is 1. The fourth-order valence-corrected chi connectivity index (χ4v) is 3.04. The Labute approximate surface area is 138 Å². The maximum atomic E-state index is 12.8. The molecule has 2 aromatic rings. The van der Waals surface area contributed by atoms with Gasteiger partial charge in [0.15, 0.2) is 0 Å². The fourth-order valence-electron chi connectivity index (χ4n) is 2.41. The highest BCUT2D eigenvalue weighted by atomic mass is 79.9. The summed E-state index contributed by atoms with van der Waals surface area (Å²) in [5.74, 6) is 0.363. The molecule has 1 aromatic heterocycles. The van der Waals surface area contributed by atoms with Gasteiger partial charge in [-0.05, 0) is 60.1 Å². The van der Waals surface area contributed by atoms with Crippen molar-refractivity contribution in [1.29, 1.82) is 5.26 Å². The maximum Gasteiger partial charge on any atom is 0.210 e. The van der Waals surface area contributed by atoms with Crippen molar-refractivity contribution in [2.45, 2.75) is 26.3 Å². The van der Waals surface area contributed by atoms with Crippen molar-refractivity contribution in [1.82, 2.24) is 4.57 Å². The van der Waals surface area contributed by atoms with Gasteiger partial charge in [0.1, 0.15) is 11.4 Å². The van der Waals surface area contributed by atoms with E-state index in [4.69, 9.17) is 10.00 Å². The summed E-state index contributed by atoms with van der Waals surface area (Å²) in [4.78, 5) is 12.8. The van der Waals surface area contributed by atoms with Gasteiger partial charge in [-0.2, -0.15) is 5.26 Å². The molecule has 0 spiro atoms. The van der Waals surface area contributed by atoms with Gasteiger partial charge in [-0.25, -0.2) is 0 Å². The minimum Gasteiger partial charge on any atom is -0.497 e. The second-order valence-electron chi connectivity index (χ2n) is 4.92. The molecule has 1 aromatic carbocycles. The number of ketones is 1. The number of methoxy groups -OCH3 is 1. The first kappa shape index (κ1) is 16.3. The molecular weight excluding hydrogens is 344 g/mol. The third-order valence-corrected chi connectivity index (χ3v) is 4.21. The first-order valence-corrected chi connectivity index (χ1v) is 7.80. The van der Waals surface area contributed by atoms with Crippen LogP contribution in [-0.2, 0) is 6.54 Å². The SMILES string of the molecule is CCn1c(C(C)C#N)cc(Br)c1C(=O)c1ccc(OC)cc1. The van der Waals surface area contributed by atoms with Crippen molar-refractivity contribution in [3.63, 3.8) is 0 Å². The van der Waals surface area contributed by atoms with E-state index in [1.807, 2.05) is 24.5 Å². The molecule has 0 amide bonds. The Morgan fingerprint density at radius 2 is 2.05 bits per heavy atom. The van der Waals surface area contributed by atoms with Crippen LogP contribution in [0.15, 0.2) is 34.8 Å². The lowest BCUT2D eigenvalue weighted by Gasteiger charge is -2.12. The zero-order chi connectivity index (χ0) is 16.3. The number of nitrogens with zero attached hydrogens (tertiary/aromatic N) is 2. The molecular formula is C17H17BrN2O2. The zero-order valence-electron chi connectivity index (χ0n) is 12.8. The summed E-state index contributed by atoms with van der Waals surface area (Å²) in [7, 11) is 1.59. The monoisotopic (exact) mass is 360 g/mol. The van der Waals surface area contributed by atoms with Crippen molar-refractivity contribution < 1.29 is 9.53 Å². The van der Waals surface area contributed by atoms with Gasteiger partial charge in [0, 0.05) is 22.3 Å². The maximum absolute atomic E-state index is 12.8. The van der Waals surface area contributed by atoms with Crippen LogP contribution in [0, 0.1) is 11.3 Å². The number of carbonyl (C=O) groups is 1. The highest BCUT2D eigenvalue weighted by molar-refractivity contribution is 9.10. The van der Waals surface area contributed by atoms with Crippen LogP contribution in [0.1, 0.15) is 41.5 Å². The molecule has 0 N–H and O–H groups in total. The molecule has 1 heterocycles. The van der Waals surface area contributed by atoms with Gasteiger partial charge >= 0.3 is 0 Å². The molecule has 2 rings (SSSR count). The summed E-state index contributed by atoms with van der Waals surface area (Å²) in [6, 6.07) is 11.1. The highest BCUT2D eigenvalue weighted by Gasteiger charge is 2.22. The van der Waals surface area contributed by atoms with E-state index in [0.29, 0.717) is 28.0 Å². The molecule has 0 saturated heterocycles. The molecule has 0 radical (unpaired) electrons. The Bertz CT molecular complexity index is 726. The van der Waals surface area contributed by atoms with Gasteiger partial charge in [-0.3, -0.25) is 4.79 Å². The van der Waals surface area contributed by atoms with Crippen molar-refractivity contribution in [3.05, 3.63) is 51.8 Å². The molecule has 0 bridgehead atoms. The third-order valence-electron chi connectivity index (χ3n) is 3.60. The second-order valence-corrected chi connectivity index (χ2v) is 5.77. The van der Waals surface area contributed by atoms with Gasteiger partial charge in [0.2, 0.25) is 5.78 Å². The number of rotatable bonds is 5. The van der Waals surface area contributed by atoms with E-state index in [1.54, 1.807) is 31.4 Å². The minimum absolute atomic E-state index is 0.0761. The van der Waals surface area contributed by atoms with Crippen molar-refractivity contribution in [3.8, 4) is 11.8 Å². The lowest BCUT2D eigenvalue weighted by atomic mass is 10.1. The molecule has 1 atom stereocenters. The fraction of sp³-hybridized carbons (Fsp3) is 0.294. The van der Waals surface area contributed by atoms with Gasteiger partial charge < -0.3 is 9.30 Å². The van der Waals surface area contributed by atoms with Crippen LogP contribution in [0.25, 0.3) is 0 Å². The summed E-state index contributed by atoms with van der Waals surface area (Å²) in [6.45, 7) is 4.42. The molecule has 1 unspecified atom stereocenters. The molecule has 5 heteroatoms. The molecule has 22 heavy (non-hydrogen) atoms. The van der Waals surface area contributed by atoms with Crippen molar-refractivity contribution >= 4 is 21.7 Å². The highest BCUT2D eigenvalue weighted by Crippen LogP contribution is 2.29. The number of hydrogen-bond acceptors (Lipinski definition) is 3. The lowest BCUT2D eigenvalue weighted by molar-refractivity contribution is 0.102. The quantitative estimate of drug-likeness (QED) is 0.753. The van der Waals surface area contributed by atoms with Crippen LogP contribution < -0.4 is 4.74 Å². The van der Waals surface area contributed by atoms with Crippen molar-refractivity contribution in [2.75, 3.05) is 7.11 Å². The van der Waals surface area contributed by atoms with Gasteiger partial charge in [-0.1, -0.05) is 0 Å². The number of carbonyl (C=O) groups excluding carboxylic acids is 1. The topological polar surface area (TPSA) is 55.0 Å². The summed E-state index contributed by atoms with van der Waals surface area (Å²) < 4.78 is 7.72. The summed E-state index contributed by atoms with van der Waals surface area (Å²) in [5.41, 5.74) is 2.00. The molecule has 0 saturated carbocycles. The smallest absolute Gasteiger partial charge is 0.210 e. The van der Waals surface area contributed by atoms with Crippen molar-refractivity contribution in [2.24, 2.45) is 0 Å². The van der Waals surface area contributed by atoms with Crippen LogP contribution in [0.4, 0.5) is 0 Å². The van der Waals surface area contributed by atoms with Crippen LogP contribution in [-0.4, -0.2) is 17.5 Å². The average Bonchev–Trinajstić information content (AvgIpc) is 2.89. The Morgan fingerprint density at radius 1 is 1.41 bits per heavy atom. The molecule has 0 fully saturated rings. The third kappa shape index (κ3) is 2.93. The van der Waals surface area contributed by atoms with E-state index in [2.05, 4.69) is 22.0 Å². The largest absolute Gasteiger partial charge is 0.497 e. The predicted molar refractivity (Wildman–Crippen MR) is 88.3 cm³/mol. The van der Waals surface area contributed by atoms with E-state index in [0.717, 1.165) is 5.69 Å². The van der Waals surface area contributed by atoms with E-state index in [1.165, 1.54) is 0 Å². The van der Waals surface area contributed by atoms with Gasteiger partial charge in [0.05, 0.1) is 19.1 Å². The van der Waals surface area contributed by atoms with Crippen LogP contribution in [0.5, 0.6) is 5.75 Å². The number of hydrogen-bond donors (Lipinski definition) is 0. The first-order valence-electron chi connectivity index (χ1n) is 7.00. The molecule has 0 aliphatic rings. The molecule has 4 nitrogen and oxygen atoms in total. The first-order chi connectivity index (χ1) is 10.5. The lowest BCUT2D eigenvalue weighted by Crippen LogP contribution is -2.13. The number of halogens is 1. The Morgan fingerprint density at radius 3 is 2.55 bits per heavy atom. The average molecular weight is 361 g/mol. The second kappa shape index (κ2) is 6.80. The van der Waals surface area contributed by atoms with Crippen LogP contribution in [0.3, 0.4) is 0 Å². The van der Waals surface area contributed by atoms with Crippen LogP contribution in [0.2, 0.25) is 0 Å².